The van der Waals surface area contributed by atoms with E-state index < -0.39 is 42.1 Å². The van der Waals surface area contributed by atoms with E-state index in [9.17, 15) is 24.8 Å². The molecule has 0 heterocycles. The molecule has 192 valence electrons. The van der Waals surface area contributed by atoms with Crippen LogP contribution in [0.4, 0.5) is 4.79 Å². The Labute approximate surface area is 212 Å². The molecule has 0 aliphatic rings. The molecule has 2 aromatic rings. The maximum absolute atomic E-state index is 13.7. The molecular weight excluding hydrogens is 460 g/mol. The first-order valence-electron chi connectivity index (χ1n) is 11.7. The zero-order valence-electron chi connectivity index (χ0n) is 21.3. The summed E-state index contributed by atoms with van der Waals surface area (Å²) in [5.41, 5.74) is 0.495. The van der Waals surface area contributed by atoms with Crippen molar-refractivity contribution in [3.8, 4) is 11.8 Å². The Kier molecular flexibility index (Phi) is 9.85. The van der Waals surface area contributed by atoms with Gasteiger partial charge in [-0.3, -0.25) is 9.59 Å². The third-order valence-corrected chi connectivity index (χ3v) is 5.21. The number of benzene rings is 2. The number of phenols is 1. The van der Waals surface area contributed by atoms with Crippen molar-refractivity contribution in [3.05, 3.63) is 65.7 Å². The molecule has 0 bridgehead atoms. The Balaban J connectivity index is 2.40. The largest absolute Gasteiger partial charge is 0.508 e. The zero-order valence-corrected chi connectivity index (χ0v) is 21.3. The van der Waals surface area contributed by atoms with Gasteiger partial charge in [0.2, 0.25) is 11.8 Å². The third kappa shape index (κ3) is 8.31. The molecule has 2 atom stereocenters. The molecule has 3 N–H and O–H groups in total. The molecule has 0 aliphatic carbocycles. The maximum atomic E-state index is 13.7. The summed E-state index contributed by atoms with van der Waals surface area (Å²) in [6, 6.07) is 14.8. The molecule has 0 fully saturated rings. The van der Waals surface area contributed by atoms with Crippen LogP contribution in [0.5, 0.6) is 5.75 Å². The predicted octanol–water partition coefficient (Wildman–Crippen LogP) is 3.65. The minimum atomic E-state index is -1.18. The van der Waals surface area contributed by atoms with Gasteiger partial charge in [0.25, 0.3) is 0 Å². The number of nitrogens with one attached hydrogen (secondary N) is 2. The van der Waals surface area contributed by atoms with Gasteiger partial charge >= 0.3 is 6.09 Å². The maximum Gasteiger partial charge on any atom is 0.408 e. The molecule has 2 rings (SSSR count). The van der Waals surface area contributed by atoms with Crippen LogP contribution in [0.1, 0.15) is 51.8 Å². The number of nitriles is 1. The first-order chi connectivity index (χ1) is 16.9. The number of hydrogen-bond donors (Lipinski definition) is 3. The number of aromatic hydroxyl groups is 1. The van der Waals surface area contributed by atoms with Gasteiger partial charge in [-0.1, -0.05) is 56.3 Å². The van der Waals surface area contributed by atoms with Crippen LogP contribution in [-0.4, -0.2) is 46.1 Å². The zero-order chi connectivity index (χ0) is 26.9. The van der Waals surface area contributed by atoms with Crippen molar-refractivity contribution in [2.45, 2.75) is 58.8 Å². The van der Waals surface area contributed by atoms with Crippen LogP contribution in [0.3, 0.4) is 0 Å². The van der Waals surface area contributed by atoms with Crippen LogP contribution in [0.25, 0.3) is 0 Å². The number of alkyl carbamates (subject to hydrolysis) is 1. The van der Waals surface area contributed by atoms with Gasteiger partial charge in [-0.05, 0) is 49.9 Å². The minimum Gasteiger partial charge on any atom is -0.508 e. The quantitative estimate of drug-likeness (QED) is 0.456. The number of amides is 3. The van der Waals surface area contributed by atoms with Crippen molar-refractivity contribution in [2.75, 3.05) is 6.54 Å². The van der Waals surface area contributed by atoms with Crippen LogP contribution >= 0.6 is 0 Å². The second kappa shape index (κ2) is 12.6. The highest BCUT2D eigenvalue weighted by molar-refractivity contribution is 5.92. The summed E-state index contributed by atoms with van der Waals surface area (Å²) in [6.07, 6.45) is -0.777. The highest BCUT2D eigenvalue weighted by Gasteiger charge is 2.37. The lowest BCUT2D eigenvalue weighted by atomic mass is 9.98. The first-order valence-corrected chi connectivity index (χ1v) is 11.7. The highest BCUT2D eigenvalue weighted by Crippen LogP contribution is 2.25. The van der Waals surface area contributed by atoms with Crippen LogP contribution in [0.2, 0.25) is 0 Å². The van der Waals surface area contributed by atoms with E-state index in [-0.39, 0.29) is 18.2 Å². The van der Waals surface area contributed by atoms with E-state index in [2.05, 4.69) is 10.6 Å². The van der Waals surface area contributed by atoms with Crippen molar-refractivity contribution >= 4 is 17.9 Å². The Hall–Kier alpha value is -4.06. The van der Waals surface area contributed by atoms with Crippen molar-refractivity contribution in [1.29, 1.82) is 5.26 Å². The van der Waals surface area contributed by atoms with E-state index in [0.29, 0.717) is 5.56 Å². The van der Waals surface area contributed by atoms with E-state index in [4.69, 9.17) is 4.74 Å². The molecule has 9 nitrogen and oxygen atoms in total. The third-order valence-electron chi connectivity index (χ3n) is 5.21. The van der Waals surface area contributed by atoms with Crippen LogP contribution in [0, 0.1) is 17.2 Å². The van der Waals surface area contributed by atoms with Crippen molar-refractivity contribution in [3.63, 3.8) is 0 Å². The average molecular weight is 495 g/mol. The van der Waals surface area contributed by atoms with Gasteiger partial charge in [0.15, 0.2) is 0 Å². The number of ether oxygens (including phenoxy) is 1. The number of phenolic OH excluding ortho intramolecular Hbond substituents is 1. The van der Waals surface area contributed by atoms with Gasteiger partial charge in [-0.15, -0.1) is 0 Å². The summed E-state index contributed by atoms with van der Waals surface area (Å²) in [5, 5.41) is 24.7. The van der Waals surface area contributed by atoms with E-state index in [1.54, 1.807) is 34.6 Å². The van der Waals surface area contributed by atoms with E-state index in [1.165, 1.54) is 24.3 Å². The monoisotopic (exact) mass is 494 g/mol. The van der Waals surface area contributed by atoms with Gasteiger partial charge in [-0.25, -0.2) is 4.79 Å². The lowest BCUT2D eigenvalue weighted by Crippen LogP contribution is -2.55. The van der Waals surface area contributed by atoms with Gasteiger partial charge in [0.1, 0.15) is 30.0 Å². The molecule has 3 amide bonds. The van der Waals surface area contributed by atoms with Gasteiger partial charge in [0, 0.05) is 6.54 Å². The first kappa shape index (κ1) is 28.2. The average Bonchev–Trinajstić information content (AvgIpc) is 2.81. The topological polar surface area (TPSA) is 132 Å². The van der Waals surface area contributed by atoms with Crippen LogP contribution < -0.4 is 10.6 Å². The molecule has 0 radical (unpaired) electrons. The summed E-state index contributed by atoms with van der Waals surface area (Å²) in [4.78, 5) is 40.7. The summed E-state index contributed by atoms with van der Waals surface area (Å²) in [6.45, 7) is 8.43. The molecule has 9 heteroatoms. The Bertz CT molecular complexity index is 1070. The van der Waals surface area contributed by atoms with E-state index >= 15 is 0 Å². The van der Waals surface area contributed by atoms with Crippen LogP contribution in [0.15, 0.2) is 54.6 Å². The number of carbonyl (C=O) groups excluding carboxylic acids is 3. The molecule has 0 saturated heterocycles. The van der Waals surface area contributed by atoms with Crippen molar-refractivity contribution in [2.24, 2.45) is 5.92 Å². The lowest BCUT2D eigenvalue weighted by molar-refractivity contribution is -0.142. The SMILES string of the molecule is CC(C)C(NC(=O)OC(C)(C)C)C(=O)N(CC#N)C(C(=O)NCc1ccccc1)c1ccc(O)cc1. The van der Waals surface area contributed by atoms with E-state index in [0.717, 1.165) is 10.5 Å². The van der Waals surface area contributed by atoms with Crippen molar-refractivity contribution < 1.29 is 24.2 Å². The summed E-state index contributed by atoms with van der Waals surface area (Å²) in [5.74, 6) is -1.48. The van der Waals surface area contributed by atoms with Gasteiger partial charge in [-0.2, -0.15) is 5.26 Å². The normalized spacial score (nSPS) is 12.7. The van der Waals surface area contributed by atoms with Crippen LogP contribution in [-0.2, 0) is 20.9 Å². The standard InChI is InChI=1S/C27H34N4O5/c1-18(2)22(30-26(35)36-27(3,4)5)25(34)31(16-15-28)23(20-11-13-21(32)14-12-20)24(33)29-17-19-9-7-6-8-10-19/h6-14,18,22-23,32H,16-17H2,1-5H3,(H,29,33)(H,30,35). The second-order valence-corrected chi connectivity index (χ2v) is 9.69. The molecule has 0 saturated carbocycles. The second-order valence-electron chi connectivity index (χ2n) is 9.69. The fourth-order valence-corrected chi connectivity index (χ4v) is 3.51. The molecule has 0 spiro atoms. The predicted molar refractivity (Wildman–Crippen MR) is 134 cm³/mol. The molecule has 2 unspecified atom stereocenters. The van der Waals surface area contributed by atoms with Gasteiger partial charge in [0.05, 0.1) is 6.07 Å². The molecule has 0 aliphatic heterocycles. The molecule has 2 aromatic carbocycles. The van der Waals surface area contributed by atoms with Gasteiger partial charge < -0.3 is 25.4 Å². The molecule has 0 aromatic heterocycles. The number of nitrogens with zero attached hydrogens (tertiary/aromatic N) is 2. The fraction of sp³-hybridized carbons (Fsp3) is 0.407. The van der Waals surface area contributed by atoms with E-state index in [1.807, 2.05) is 36.4 Å². The summed E-state index contributed by atoms with van der Waals surface area (Å²) < 4.78 is 5.31. The number of hydrogen-bond acceptors (Lipinski definition) is 6. The Morgan fingerprint density at radius 3 is 2.19 bits per heavy atom. The fourth-order valence-electron chi connectivity index (χ4n) is 3.51. The number of carbonyl (C=O) groups is 3. The summed E-state index contributed by atoms with van der Waals surface area (Å²) >= 11 is 0. The number of rotatable bonds is 9. The Morgan fingerprint density at radius 2 is 1.67 bits per heavy atom. The highest BCUT2D eigenvalue weighted by atomic mass is 16.6. The molecular formula is C27H34N4O5. The van der Waals surface area contributed by atoms with Crippen molar-refractivity contribution in [1.82, 2.24) is 15.5 Å². The Morgan fingerprint density at radius 1 is 1.06 bits per heavy atom. The minimum absolute atomic E-state index is 0.00740. The smallest absolute Gasteiger partial charge is 0.408 e. The molecule has 36 heavy (non-hydrogen) atoms. The lowest BCUT2D eigenvalue weighted by Gasteiger charge is -2.34. The summed E-state index contributed by atoms with van der Waals surface area (Å²) in [7, 11) is 0.